The van der Waals surface area contributed by atoms with Crippen LogP contribution in [0.25, 0.3) is 0 Å². The Morgan fingerprint density at radius 1 is 1.06 bits per heavy atom. The van der Waals surface area contributed by atoms with Gasteiger partial charge in [0.15, 0.2) is 5.78 Å². The third-order valence-electron chi connectivity index (χ3n) is 5.30. The second kappa shape index (κ2) is 10.3. The van der Waals surface area contributed by atoms with E-state index in [-0.39, 0.29) is 23.7 Å². The van der Waals surface area contributed by atoms with Crippen LogP contribution in [-0.4, -0.2) is 92.1 Å². The van der Waals surface area contributed by atoms with Crippen molar-refractivity contribution in [1.29, 1.82) is 0 Å². The highest BCUT2D eigenvalue weighted by atomic mass is 16.7. The molecular weight excluding hydrogens is 440 g/mol. The van der Waals surface area contributed by atoms with Gasteiger partial charge in [-0.2, -0.15) is 0 Å². The number of benzene rings is 2. The number of methoxy groups -OCH3 is 1. The minimum Gasteiger partial charge on any atom is -0.508 e. The molecule has 11 nitrogen and oxygen atoms in total. The number of aliphatic hydroxyl groups is 5. The van der Waals surface area contributed by atoms with Crippen LogP contribution in [-0.2, 0) is 11.2 Å². The molecule has 33 heavy (non-hydrogen) atoms. The summed E-state index contributed by atoms with van der Waals surface area (Å²) in [6.45, 7) is -0.689. The zero-order valence-electron chi connectivity index (χ0n) is 17.6. The van der Waals surface area contributed by atoms with Gasteiger partial charge in [0.2, 0.25) is 6.29 Å². The molecule has 1 saturated heterocycles. The number of carbonyl (C=O) groups excluding carboxylic acids is 1. The van der Waals surface area contributed by atoms with E-state index in [1.165, 1.54) is 37.4 Å². The molecule has 0 spiro atoms. The molecule has 1 aliphatic heterocycles. The third kappa shape index (κ3) is 5.36. The quantitative estimate of drug-likeness (QED) is 0.238. The summed E-state index contributed by atoms with van der Waals surface area (Å²) in [6, 6.07) is 8.16. The lowest BCUT2D eigenvalue weighted by atomic mass is 9.97. The predicted molar refractivity (Wildman–Crippen MR) is 111 cm³/mol. The smallest absolute Gasteiger partial charge is 0.229 e. The van der Waals surface area contributed by atoms with Crippen LogP contribution in [0, 0.1) is 0 Å². The Labute approximate surface area is 188 Å². The highest BCUT2D eigenvalue weighted by Crippen LogP contribution is 2.36. The van der Waals surface area contributed by atoms with Gasteiger partial charge in [-0.15, -0.1) is 0 Å². The number of hydrogen-bond donors (Lipinski definition) is 7. The molecule has 0 aliphatic carbocycles. The summed E-state index contributed by atoms with van der Waals surface area (Å²) in [5.41, 5.74) is 0.108. The topological polar surface area (TPSA) is 186 Å². The van der Waals surface area contributed by atoms with Crippen LogP contribution in [0.15, 0.2) is 36.4 Å². The highest BCUT2D eigenvalue weighted by Gasteiger charge is 2.45. The first-order valence-corrected chi connectivity index (χ1v) is 10.0. The molecule has 6 atom stereocenters. The highest BCUT2D eigenvalue weighted by molar-refractivity contribution is 6.04. The van der Waals surface area contributed by atoms with Gasteiger partial charge in [-0.3, -0.25) is 4.79 Å². The minimum atomic E-state index is -1.76. The summed E-state index contributed by atoms with van der Waals surface area (Å²) in [7, 11) is 1.30. The molecule has 3 rings (SSSR count). The van der Waals surface area contributed by atoms with Gasteiger partial charge in [0.1, 0.15) is 59.1 Å². The molecule has 2 aromatic rings. The van der Waals surface area contributed by atoms with E-state index in [1.54, 1.807) is 0 Å². The average molecular weight is 466 g/mol. The van der Waals surface area contributed by atoms with Crippen LogP contribution in [0.5, 0.6) is 23.0 Å². The summed E-state index contributed by atoms with van der Waals surface area (Å²) in [5.74, 6) is -1.73. The molecule has 2 aromatic carbocycles. The lowest BCUT2D eigenvalue weighted by molar-refractivity contribution is -0.277. The fraction of sp³-hybridized carbons (Fsp3) is 0.409. The van der Waals surface area contributed by atoms with Gasteiger partial charge in [0.25, 0.3) is 0 Å². The van der Waals surface area contributed by atoms with Crippen molar-refractivity contribution >= 4 is 5.78 Å². The van der Waals surface area contributed by atoms with E-state index in [9.17, 15) is 40.5 Å². The molecule has 11 heteroatoms. The van der Waals surface area contributed by atoms with E-state index < -0.39 is 60.5 Å². The van der Waals surface area contributed by atoms with E-state index in [4.69, 9.17) is 14.2 Å². The van der Waals surface area contributed by atoms with Gasteiger partial charge in [0.05, 0.1) is 13.7 Å². The maximum atomic E-state index is 13.0. The van der Waals surface area contributed by atoms with Crippen molar-refractivity contribution in [2.45, 2.75) is 43.2 Å². The SMILES string of the molecule is COc1cc(O)c(C(=O)C(O)Cc2ccc(O)cc2)c(OC2OC(CO)C(O)C(O)C2O)c1. The van der Waals surface area contributed by atoms with Crippen molar-refractivity contribution in [3.63, 3.8) is 0 Å². The predicted octanol–water partition coefficient (Wildman–Crippen LogP) is -0.929. The summed E-state index contributed by atoms with van der Waals surface area (Å²) < 4.78 is 15.9. The van der Waals surface area contributed by atoms with E-state index in [0.29, 0.717) is 5.56 Å². The standard InChI is InChI=1S/C22H26O11/c1-31-12-7-13(25)17(18(27)14(26)6-10-2-4-11(24)5-3-10)15(8-12)32-22-21(30)20(29)19(28)16(9-23)33-22/h2-5,7-8,14,16,19-26,28-30H,6,9H2,1H3. The third-order valence-corrected chi connectivity index (χ3v) is 5.30. The fourth-order valence-corrected chi connectivity index (χ4v) is 3.44. The number of phenols is 2. The summed E-state index contributed by atoms with van der Waals surface area (Å²) in [4.78, 5) is 13.0. The Morgan fingerprint density at radius 2 is 1.73 bits per heavy atom. The molecule has 6 unspecified atom stereocenters. The molecule has 0 radical (unpaired) electrons. The molecule has 0 amide bonds. The van der Waals surface area contributed by atoms with Crippen molar-refractivity contribution in [2.75, 3.05) is 13.7 Å². The van der Waals surface area contributed by atoms with E-state index in [2.05, 4.69) is 0 Å². The van der Waals surface area contributed by atoms with Crippen molar-refractivity contribution in [1.82, 2.24) is 0 Å². The molecule has 1 heterocycles. The number of ketones is 1. The Balaban J connectivity index is 1.90. The van der Waals surface area contributed by atoms with Crippen LogP contribution in [0.3, 0.4) is 0 Å². The molecule has 0 aromatic heterocycles. The summed E-state index contributed by atoms with van der Waals surface area (Å²) >= 11 is 0. The largest absolute Gasteiger partial charge is 0.508 e. The van der Waals surface area contributed by atoms with Crippen molar-refractivity contribution < 1.29 is 54.8 Å². The zero-order chi connectivity index (χ0) is 24.3. The molecule has 1 fully saturated rings. The Bertz CT molecular complexity index is 960. The lowest BCUT2D eigenvalue weighted by Crippen LogP contribution is -2.60. The first-order valence-electron chi connectivity index (χ1n) is 10.0. The Kier molecular flexibility index (Phi) is 7.74. The molecule has 180 valence electrons. The number of Topliss-reactive ketones (excluding diaryl/α,β-unsaturated/α-hetero) is 1. The number of aromatic hydroxyl groups is 2. The van der Waals surface area contributed by atoms with Crippen LogP contribution in [0.1, 0.15) is 15.9 Å². The number of ether oxygens (including phenoxy) is 3. The Hall–Kier alpha value is -2.93. The maximum absolute atomic E-state index is 13.0. The molecule has 0 bridgehead atoms. The van der Waals surface area contributed by atoms with E-state index in [1.807, 2.05) is 0 Å². The maximum Gasteiger partial charge on any atom is 0.229 e. The first-order chi connectivity index (χ1) is 15.7. The van der Waals surface area contributed by atoms with E-state index >= 15 is 0 Å². The van der Waals surface area contributed by atoms with Crippen molar-refractivity contribution in [3.8, 4) is 23.0 Å². The van der Waals surface area contributed by atoms with Crippen molar-refractivity contribution in [3.05, 3.63) is 47.5 Å². The Morgan fingerprint density at radius 3 is 2.33 bits per heavy atom. The molecular formula is C22H26O11. The van der Waals surface area contributed by atoms with E-state index in [0.717, 1.165) is 6.07 Å². The van der Waals surface area contributed by atoms with Gasteiger partial charge in [-0.25, -0.2) is 0 Å². The van der Waals surface area contributed by atoms with Crippen LogP contribution >= 0.6 is 0 Å². The number of hydrogen-bond acceptors (Lipinski definition) is 11. The normalized spacial score (nSPS) is 25.9. The number of phenolic OH excluding ortho intramolecular Hbond substituents is 2. The lowest BCUT2D eigenvalue weighted by Gasteiger charge is -2.39. The van der Waals surface area contributed by atoms with Crippen molar-refractivity contribution in [2.24, 2.45) is 0 Å². The minimum absolute atomic E-state index is 0.0163. The molecule has 1 aliphatic rings. The van der Waals surface area contributed by atoms with Gasteiger partial charge in [0, 0.05) is 18.6 Å². The van der Waals surface area contributed by atoms with Gasteiger partial charge in [-0.05, 0) is 17.7 Å². The first kappa shape index (κ1) is 24.7. The van der Waals surface area contributed by atoms with Crippen LogP contribution in [0.4, 0.5) is 0 Å². The number of carbonyl (C=O) groups is 1. The number of rotatable bonds is 8. The second-order valence-electron chi connectivity index (χ2n) is 7.59. The summed E-state index contributed by atoms with van der Waals surface area (Å²) in [6.07, 6.45) is -9.73. The zero-order valence-corrected chi connectivity index (χ0v) is 17.6. The van der Waals surface area contributed by atoms with Gasteiger partial charge < -0.3 is 50.0 Å². The van der Waals surface area contributed by atoms with Crippen LogP contribution < -0.4 is 9.47 Å². The average Bonchev–Trinajstić information content (AvgIpc) is 2.80. The molecule has 0 saturated carbocycles. The fourth-order valence-electron chi connectivity index (χ4n) is 3.44. The van der Waals surface area contributed by atoms with Gasteiger partial charge in [-0.1, -0.05) is 12.1 Å². The van der Waals surface area contributed by atoms with Gasteiger partial charge >= 0.3 is 0 Å². The summed E-state index contributed by atoms with van der Waals surface area (Å²) in [5, 5.41) is 69.8. The molecule has 7 N–H and O–H groups in total. The monoisotopic (exact) mass is 466 g/mol. The second-order valence-corrected chi connectivity index (χ2v) is 7.59. The number of aliphatic hydroxyl groups excluding tert-OH is 5. The van der Waals surface area contributed by atoms with Crippen LogP contribution in [0.2, 0.25) is 0 Å².